The van der Waals surface area contributed by atoms with Crippen molar-refractivity contribution in [1.29, 1.82) is 0 Å². The number of para-hydroxylation sites is 2. The number of carboxylic acids is 1. The molecule has 2 aromatic heterocycles. The van der Waals surface area contributed by atoms with Gasteiger partial charge in [0.05, 0.1) is 47.3 Å². The van der Waals surface area contributed by atoms with Crippen LogP contribution in [0.3, 0.4) is 0 Å². The summed E-state index contributed by atoms with van der Waals surface area (Å²) in [4.78, 5) is 39.3. The lowest BCUT2D eigenvalue weighted by Gasteiger charge is -2.21. The Morgan fingerprint density at radius 3 is 2.06 bits per heavy atom. The third kappa shape index (κ3) is 10.6. The van der Waals surface area contributed by atoms with Crippen LogP contribution < -0.4 is 4.74 Å². The number of pyridine rings is 1. The number of H-pyrrole nitrogens is 1. The molecular formula is C40H53N3O5S. The highest BCUT2D eigenvalue weighted by molar-refractivity contribution is 7.98. The number of esters is 1. The fourth-order valence-electron chi connectivity index (χ4n) is 6.51. The average molecular weight is 688 g/mol. The van der Waals surface area contributed by atoms with Crippen LogP contribution in [0.4, 0.5) is 0 Å². The maximum Gasteiger partial charge on any atom is 0.340 e. The molecule has 264 valence electrons. The van der Waals surface area contributed by atoms with Gasteiger partial charge in [0.25, 0.3) is 0 Å². The molecule has 0 aliphatic rings. The molecule has 4 aromatic rings. The standard InChI is InChI=1S/C40H53N3O5S/c1-5-7-8-9-10-11-12-13-14-15-16-17-18-22-29-23-21-26-33(47-4)35(29)37-34(38(44)45)28(3)41-32(36(37)39(46)48-6-2)27-49-40-42-30-24-19-20-25-31(30)43-40/h19-21,23-26H,5-18,22,27H2,1-4H3,(H,42,43)(H,44,45). The fourth-order valence-corrected chi connectivity index (χ4v) is 7.34. The molecule has 2 heterocycles. The Morgan fingerprint density at radius 2 is 1.45 bits per heavy atom. The van der Waals surface area contributed by atoms with Gasteiger partial charge in [0.2, 0.25) is 0 Å². The van der Waals surface area contributed by atoms with Crippen molar-refractivity contribution in [3.05, 3.63) is 70.5 Å². The predicted octanol–water partition coefficient (Wildman–Crippen LogP) is 10.7. The minimum Gasteiger partial charge on any atom is -0.496 e. The summed E-state index contributed by atoms with van der Waals surface area (Å²) in [5.41, 5.74) is 4.53. The maximum atomic E-state index is 13.8. The first kappa shape index (κ1) is 38.0. The summed E-state index contributed by atoms with van der Waals surface area (Å²) in [7, 11) is 1.57. The zero-order valence-corrected chi connectivity index (χ0v) is 30.6. The zero-order valence-electron chi connectivity index (χ0n) is 29.7. The molecule has 0 radical (unpaired) electrons. The molecule has 9 heteroatoms. The first-order chi connectivity index (χ1) is 23.9. The van der Waals surface area contributed by atoms with Crippen LogP contribution in [0.25, 0.3) is 22.2 Å². The van der Waals surface area contributed by atoms with E-state index >= 15 is 0 Å². The van der Waals surface area contributed by atoms with E-state index in [2.05, 4.69) is 16.9 Å². The number of aromatic nitrogens is 3. The van der Waals surface area contributed by atoms with Crippen LogP contribution in [-0.2, 0) is 16.9 Å². The summed E-state index contributed by atoms with van der Waals surface area (Å²) in [6, 6.07) is 13.5. The van der Waals surface area contributed by atoms with E-state index in [1.807, 2.05) is 42.5 Å². The molecule has 0 aliphatic heterocycles. The number of carboxylic acid groups (broad SMARTS) is 1. The van der Waals surface area contributed by atoms with Crippen molar-refractivity contribution >= 4 is 34.7 Å². The van der Waals surface area contributed by atoms with E-state index in [0.717, 1.165) is 35.9 Å². The second-order valence-electron chi connectivity index (χ2n) is 12.6. The summed E-state index contributed by atoms with van der Waals surface area (Å²) in [6.07, 6.45) is 17.2. The van der Waals surface area contributed by atoms with Crippen molar-refractivity contribution in [3.63, 3.8) is 0 Å². The lowest BCUT2D eigenvalue weighted by molar-refractivity contribution is 0.0525. The summed E-state index contributed by atoms with van der Waals surface area (Å²) in [5, 5.41) is 11.2. The number of fused-ring (bicyclic) bond motifs is 1. The molecule has 8 nitrogen and oxygen atoms in total. The van der Waals surface area contributed by atoms with Crippen molar-refractivity contribution in [2.45, 2.75) is 122 Å². The molecule has 0 atom stereocenters. The molecule has 2 aromatic carbocycles. The molecule has 0 amide bonds. The Morgan fingerprint density at radius 1 is 0.796 bits per heavy atom. The number of carbonyl (C=O) groups excluding carboxylic acids is 1. The molecule has 0 spiro atoms. The Labute approximate surface area is 295 Å². The van der Waals surface area contributed by atoms with E-state index in [0.29, 0.717) is 33.4 Å². The van der Waals surface area contributed by atoms with Crippen LogP contribution in [-0.4, -0.2) is 45.7 Å². The van der Waals surface area contributed by atoms with Gasteiger partial charge in [-0.25, -0.2) is 14.6 Å². The molecule has 0 fully saturated rings. The topological polar surface area (TPSA) is 114 Å². The van der Waals surface area contributed by atoms with Crippen LogP contribution in [0, 0.1) is 6.92 Å². The SMILES string of the molecule is CCCCCCCCCCCCCCCc1cccc(OC)c1-c1c(C(=O)O)c(C)nc(CSc2nc3ccccc3[nH]2)c1C(=O)OCC. The number of nitrogens with zero attached hydrogens (tertiary/aromatic N) is 2. The number of aryl methyl sites for hydroxylation is 2. The number of benzene rings is 2. The average Bonchev–Trinajstić information content (AvgIpc) is 3.52. The van der Waals surface area contributed by atoms with Gasteiger partial charge in [-0.15, -0.1) is 0 Å². The quantitative estimate of drug-likeness (QED) is 0.0477. The number of aromatic carboxylic acids is 1. The number of hydrogen-bond donors (Lipinski definition) is 2. The Balaban J connectivity index is 1.56. The normalized spacial score (nSPS) is 11.3. The van der Waals surface area contributed by atoms with Gasteiger partial charge < -0.3 is 19.6 Å². The van der Waals surface area contributed by atoms with Crippen LogP contribution >= 0.6 is 11.8 Å². The van der Waals surface area contributed by atoms with Gasteiger partial charge in [-0.05, 0) is 50.5 Å². The Hall–Kier alpha value is -3.85. The van der Waals surface area contributed by atoms with E-state index in [-0.39, 0.29) is 23.5 Å². The van der Waals surface area contributed by atoms with Crippen molar-refractivity contribution in [2.75, 3.05) is 13.7 Å². The largest absolute Gasteiger partial charge is 0.496 e. The fraction of sp³-hybridized carbons (Fsp3) is 0.500. The van der Waals surface area contributed by atoms with E-state index in [9.17, 15) is 14.7 Å². The smallest absolute Gasteiger partial charge is 0.340 e. The summed E-state index contributed by atoms with van der Waals surface area (Å²) in [6.45, 7) is 5.82. The van der Waals surface area contributed by atoms with Gasteiger partial charge in [0, 0.05) is 16.9 Å². The second kappa shape index (κ2) is 20.0. The molecule has 0 bridgehead atoms. The number of ether oxygens (including phenoxy) is 2. The number of rotatable bonds is 22. The molecule has 0 saturated carbocycles. The number of imidazole rings is 1. The van der Waals surface area contributed by atoms with Gasteiger partial charge in [-0.2, -0.15) is 0 Å². The molecule has 0 aliphatic carbocycles. The molecule has 2 N–H and O–H groups in total. The number of thioether (sulfide) groups is 1. The second-order valence-corrected chi connectivity index (χ2v) is 13.6. The molecule has 49 heavy (non-hydrogen) atoms. The zero-order chi connectivity index (χ0) is 35.0. The van der Waals surface area contributed by atoms with E-state index < -0.39 is 11.9 Å². The lowest BCUT2D eigenvalue weighted by Crippen LogP contribution is -2.18. The highest BCUT2D eigenvalue weighted by Gasteiger charge is 2.31. The number of aromatic amines is 1. The van der Waals surface area contributed by atoms with Gasteiger partial charge in [0.15, 0.2) is 5.16 Å². The molecular weight excluding hydrogens is 635 g/mol. The van der Waals surface area contributed by atoms with Gasteiger partial charge in [-0.1, -0.05) is 120 Å². The Bertz CT molecular complexity index is 1630. The number of carbonyl (C=O) groups is 2. The van der Waals surface area contributed by atoms with Crippen molar-refractivity contribution in [2.24, 2.45) is 0 Å². The molecule has 4 rings (SSSR count). The summed E-state index contributed by atoms with van der Waals surface area (Å²) in [5.74, 6) is -0.961. The van der Waals surface area contributed by atoms with Crippen LogP contribution in [0.5, 0.6) is 5.75 Å². The first-order valence-electron chi connectivity index (χ1n) is 18.1. The molecule has 0 saturated heterocycles. The van der Waals surface area contributed by atoms with Gasteiger partial charge >= 0.3 is 11.9 Å². The summed E-state index contributed by atoms with van der Waals surface area (Å²) >= 11 is 1.41. The predicted molar refractivity (Wildman–Crippen MR) is 199 cm³/mol. The highest BCUT2D eigenvalue weighted by atomic mass is 32.2. The van der Waals surface area contributed by atoms with Crippen molar-refractivity contribution in [1.82, 2.24) is 15.0 Å². The lowest BCUT2D eigenvalue weighted by atomic mass is 9.87. The third-order valence-electron chi connectivity index (χ3n) is 8.99. The van der Waals surface area contributed by atoms with Crippen LogP contribution in [0.15, 0.2) is 47.6 Å². The van der Waals surface area contributed by atoms with E-state index in [1.54, 1.807) is 21.0 Å². The van der Waals surface area contributed by atoms with Crippen LogP contribution in [0.1, 0.15) is 135 Å². The van der Waals surface area contributed by atoms with E-state index in [4.69, 9.17) is 14.5 Å². The van der Waals surface area contributed by atoms with Crippen molar-refractivity contribution < 1.29 is 24.2 Å². The Kier molecular flexibility index (Phi) is 15.5. The highest BCUT2D eigenvalue weighted by Crippen LogP contribution is 2.42. The molecule has 0 unspecified atom stereocenters. The van der Waals surface area contributed by atoms with Gasteiger partial charge in [-0.3, -0.25) is 4.98 Å². The minimum atomic E-state index is -1.15. The number of methoxy groups -OCH3 is 1. The number of unbranched alkanes of at least 4 members (excludes halogenated alkanes) is 12. The first-order valence-corrected chi connectivity index (χ1v) is 19.1. The maximum absolute atomic E-state index is 13.8. The minimum absolute atomic E-state index is 0.0170. The monoisotopic (exact) mass is 687 g/mol. The number of nitrogens with one attached hydrogen (secondary N) is 1. The summed E-state index contributed by atoms with van der Waals surface area (Å²) < 4.78 is 11.4. The van der Waals surface area contributed by atoms with Crippen LogP contribution in [0.2, 0.25) is 0 Å². The van der Waals surface area contributed by atoms with Gasteiger partial charge in [0.1, 0.15) is 5.75 Å². The third-order valence-corrected chi connectivity index (χ3v) is 9.88. The number of hydrogen-bond acceptors (Lipinski definition) is 7. The van der Waals surface area contributed by atoms with Crippen molar-refractivity contribution in [3.8, 4) is 16.9 Å². The van der Waals surface area contributed by atoms with E-state index in [1.165, 1.54) is 82.4 Å².